The Kier molecular flexibility index (Phi) is 2.57. The average Bonchev–Trinajstić information content (AvgIpc) is 2.19. The molecule has 0 amide bonds. The van der Waals surface area contributed by atoms with Gasteiger partial charge in [-0.25, -0.2) is 0 Å². The number of phenolic OH excluding ortho intramolecular Hbond substituents is 2. The molecule has 0 saturated heterocycles. The van der Waals surface area contributed by atoms with Gasteiger partial charge in [-0.15, -0.1) is 0 Å². The van der Waals surface area contributed by atoms with Gasteiger partial charge in [0.15, 0.2) is 0 Å². The maximum atomic E-state index is 9.89. The van der Waals surface area contributed by atoms with Gasteiger partial charge in [-0.3, -0.25) is 0 Å². The van der Waals surface area contributed by atoms with Crippen molar-refractivity contribution in [3.8, 4) is 22.6 Å². The topological polar surface area (TPSA) is 40.5 Å². The minimum Gasteiger partial charge on any atom is -0.508 e. The molecule has 2 aromatic rings. The third-order valence-corrected chi connectivity index (χ3v) is 2.71. The Morgan fingerprint density at radius 1 is 0.875 bits per heavy atom. The molecule has 2 rings (SSSR count). The monoisotopic (exact) mass is 214 g/mol. The fraction of sp³-hybridized carbons (Fsp3) is 0.143. The average molecular weight is 214 g/mol. The van der Waals surface area contributed by atoms with Gasteiger partial charge in [0.1, 0.15) is 11.5 Å². The molecule has 2 N–H and O–H groups in total. The maximum absolute atomic E-state index is 9.89. The summed E-state index contributed by atoms with van der Waals surface area (Å²) in [6.07, 6.45) is 0. The standard InChI is InChI=1S/C14H14O2/c1-9-5-3-4-6-12(9)14-10(2)7-11(15)8-13(14)16/h3-8,15-16H,1-2H3. The van der Waals surface area contributed by atoms with E-state index in [0.29, 0.717) is 0 Å². The Morgan fingerprint density at radius 3 is 2.19 bits per heavy atom. The highest BCUT2D eigenvalue weighted by Crippen LogP contribution is 2.36. The van der Waals surface area contributed by atoms with Crippen LogP contribution in [-0.4, -0.2) is 10.2 Å². The number of aromatic hydroxyl groups is 2. The van der Waals surface area contributed by atoms with Gasteiger partial charge in [0.05, 0.1) is 0 Å². The van der Waals surface area contributed by atoms with Gasteiger partial charge in [-0.05, 0) is 36.6 Å². The fourth-order valence-corrected chi connectivity index (χ4v) is 1.95. The Morgan fingerprint density at radius 2 is 1.56 bits per heavy atom. The molecular formula is C14H14O2. The Bertz CT molecular complexity index is 507. The summed E-state index contributed by atoms with van der Waals surface area (Å²) >= 11 is 0. The van der Waals surface area contributed by atoms with Crippen LogP contribution in [0.4, 0.5) is 0 Å². The second-order valence-electron chi connectivity index (χ2n) is 3.97. The first kappa shape index (κ1) is 10.6. The minimum absolute atomic E-state index is 0.0901. The first-order valence-corrected chi connectivity index (χ1v) is 5.18. The van der Waals surface area contributed by atoms with Crippen molar-refractivity contribution in [2.45, 2.75) is 13.8 Å². The molecule has 0 aliphatic carbocycles. The van der Waals surface area contributed by atoms with Crippen LogP contribution in [-0.2, 0) is 0 Å². The zero-order valence-electron chi connectivity index (χ0n) is 9.36. The van der Waals surface area contributed by atoms with Crippen molar-refractivity contribution in [3.63, 3.8) is 0 Å². The first-order valence-electron chi connectivity index (χ1n) is 5.18. The summed E-state index contributed by atoms with van der Waals surface area (Å²) in [7, 11) is 0. The van der Waals surface area contributed by atoms with E-state index >= 15 is 0 Å². The van der Waals surface area contributed by atoms with E-state index in [1.165, 1.54) is 6.07 Å². The molecule has 0 saturated carbocycles. The van der Waals surface area contributed by atoms with Crippen LogP contribution in [0.5, 0.6) is 11.5 Å². The van der Waals surface area contributed by atoms with Crippen LogP contribution in [0.2, 0.25) is 0 Å². The van der Waals surface area contributed by atoms with Gasteiger partial charge in [-0.1, -0.05) is 24.3 Å². The molecule has 2 heteroatoms. The molecule has 16 heavy (non-hydrogen) atoms. The predicted molar refractivity (Wildman–Crippen MR) is 64.7 cm³/mol. The molecule has 0 aliphatic rings. The van der Waals surface area contributed by atoms with Gasteiger partial charge < -0.3 is 10.2 Å². The van der Waals surface area contributed by atoms with Crippen LogP contribution in [0.15, 0.2) is 36.4 Å². The molecule has 0 aromatic heterocycles. The van der Waals surface area contributed by atoms with Gasteiger partial charge >= 0.3 is 0 Å². The quantitative estimate of drug-likeness (QED) is 0.764. The van der Waals surface area contributed by atoms with Crippen molar-refractivity contribution in [2.24, 2.45) is 0 Å². The number of rotatable bonds is 1. The zero-order valence-corrected chi connectivity index (χ0v) is 9.36. The zero-order chi connectivity index (χ0) is 11.7. The van der Waals surface area contributed by atoms with E-state index in [2.05, 4.69) is 0 Å². The molecule has 0 heterocycles. The van der Waals surface area contributed by atoms with E-state index < -0.39 is 0 Å². The summed E-state index contributed by atoms with van der Waals surface area (Å²) in [6, 6.07) is 10.9. The Balaban J connectivity index is 2.70. The van der Waals surface area contributed by atoms with Gasteiger partial charge in [0, 0.05) is 11.6 Å². The predicted octanol–water partition coefficient (Wildman–Crippen LogP) is 3.38. The Labute approximate surface area is 94.8 Å². The van der Waals surface area contributed by atoms with Crippen molar-refractivity contribution in [2.75, 3.05) is 0 Å². The van der Waals surface area contributed by atoms with Gasteiger partial charge in [0.2, 0.25) is 0 Å². The minimum atomic E-state index is 0.0901. The molecule has 0 fully saturated rings. The van der Waals surface area contributed by atoms with Crippen molar-refractivity contribution in [1.29, 1.82) is 0 Å². The normalized spacial score (nSPS) is 10.4. The van der Waals surface area contributed by atoms with Crippen LogP contribution >= 0.6 is 0 Å². The molecule has 0 bridgehead atoms. The molecule has 0 aliphatic heterocycles. The number of benzene rings is 2. The number of aryl methyl sites for hydroxylation is 2. The van der Waals surface area contributed by atoms with Crippen molar-refractivity contribution < 1.29 is 10.2 Å². The summed E-state index contributed by atoms with van der Waals surface area (Å²) in [5, 5.41) is 19.3. The van der Waals surface area contributed by atoms with Crippen molar-refractivity contribution in [1.82, 2.24) is 0 Å². The molecule has 82 valence electrons. The van der Waals surface area contributed by atoms with Crippen LogP contribution in [0, 0.1) is 13.8 Å². The lowest BCUT2D eigenvalue weighted by atomic mass is 9.95. The Hall–Kier alpha value is -1.96. The van der Waals surface area contributed by atoms with E-state index in [-0.39, 0.29) is 11.5 Å². The number of phenols is 2. The molecule has 0 spiro atoms. The molecule has 2 nitrogen and oxygen atoms in total. The van der Waals surface area contributed by atoms with Crippen molar-refractivity contribution in [3.05, 3.63) is 47.5 Å². The highest BCUT2D eigenvalue weighted by atomic mass is 16.3. The fourth-order valence-electron chi connectivity index (χ4n) is 1.95. The highest BCUT2D eigenvalue weighted by molar-refractivity contribution is 5.76. The van der Waals surface area contributed by atoms with E-state index in [4.69, 9.17) is 0 Å². The lowest BCUT2D eigenvalue weighted by Crippen LogP contribution is -1.87. The van der Waals surface area contributed by atoms with E-state index in [1.54, 1.807) is 6.07 Å². The van der Waals surface area contributed by atoms with Crippen molar-refractivity contribution >= 4 is 0 Å². The third-order valence-electron chi connectivity index (χ3n) is 2.71. The van der Waals surface area contributed by atoms with Crippen LogP contribution in [0.3, 0.4) is 0 Å². The van der Waals surface area contributed by atoms with Crippen LogP contribution in [0.1, 0.15) is 11.1 Å². The smallest absolute Gasteiger partial charge is 0.127 e. The molecule has 0 unspecified atom stereocenters. The van der Waals surface area contributed by atoms with Crippen LogP contribution < -0.4 is 0 Å². The maximum Gasteiger partial charge on any atom is 0.127 e. The van der Waals surface area contributed by atoms with E-state index in [0.717, 1.165) is 22.3 Å². The summed E-state index contributed by atoms with van der Waals surface area (Å²) in [4.78, 5) is 0. The van der Waals surface area contributed by atoms with Gasteiger partial charge in [0.25, 0.3) is 0 Å². The molecular weight excluding hydrogens is 200 g/mol. The second-order valence-corrected chi connectivity index (χ2v) is 3.97. The largest absolute Gasteiger partial charge is 0.508 e. The SMILES string of the molecule is Cc1ccccc1-c1c(C)cc(O)cc1O. The third kappa shape index (κ3) is 1.74. The summed E-state index contributed by atoms with van der Waals surface area (Å²) in [5.74, 6) is 0.208. The highest BCUT2D eigenvalue weighted by Gasteiger charge is 2.10. The lowest BCUT2D eigenvalue weighted by Gasteiger charge is -2.11. The second kappa shape index (κ2) is 3.89. The number of hydrogen-bond acceptors (Lipinski definition) is 2. The summed E-state index contributed by atoms with van der Waals surface area (Å²) in [6.45, 7) is 3.88. The van der Waals surface area contributed by atoms with E-state index in [9.17, 15) is 10.2 Å². The number of hydrogen-bond donors (Lipinski definition) is 2. The summed E-state index contributed by atoms with van der Waals surface area (Å²) < 4.78 is 0. The lowest BCUT2D eigenvalue weighted by molar-refractivity contribution is 0.451. The van der Waals surface area contributed by atoms with E-state index in [1.807, 2.05) is 38.1 Å². The molecule has 0 atom stereocenters. The molecule has 2 aromatic carbocycles. The van der Waals surface area contributed by atoms with Gasteiger partial charge in [-0.2, -0.15) is 0 Å². The van der Waals surface area contributed by atoms with Crippen LogP contribution in [0.25, 0.3) is 11.1 Å². The first-order chi connectivity index (χ1) is 7.59. The molecule has 0 radical (unpaired) electrons. The summed E-state index contributed by atoms with van der Waals surface area (Å²) in [5.41, 5.74) is 3.76.